The van der Waals surface area contributed by atoms with Crippen LogP contribution in [0.2, 0.25) is 5.15 Å². The molecule has 3 N–H and O–H groups in total. The van der Waals surface area contributed by atoms with E-state index in [-0.39, 0.29) is 12.6 Å². The van der Waals surface area contributed by atoms with Gasteiger partial charge in [-0.15, -0.1) is 0 Å². The van der Waals surface area contributed by atoms with Gasteiger partial charge >= 0.3 is 0 Å². The summed E-state index contributed by atoms with van der Waals surface area (Å²) in [6.45, 7) is 3.89. The van der Waals surface area contributed by atoms with Crippen molar-refractivity contribution in [2.75, 3.05) is 26.8 Å². The number of nitrogens with one attached hydrogen (secondary N) is 1. The number of ether oxygens (including phenoxy) is 2. The van der Waals surface area contributed by atoms with E-state index in [1.807, 2.05) is 13.0 Å². The van der Waals surface area contributed by atoms with Crippen LogP contribution in [0.3, 0.4) is 0 Å². The maximum Gasteiger partial charge on any atom is 0.201 e. The number of hydrogen-bond donors (Lipinski definition) is 2. The number of aromatic nitrogens is 3. The molecule has 1 fully saturated rings. The average Bonchev–Trinajstić information content (AvgIpc) is 3.22. The molecule has 180 valence electrons. The molecule has 0 bridgehead atoms. The lowest BCUT2D eigenvalue weighted by Crippen LogP contribution is -2.31. The molecule has 0 spiro atoms. The molecule has 1 saturated heterocycles. The highest BCUT2D eigenvalue weighted by atomic mass is 35.5. The number of methoxy groups -OCH3 is 1. The minimum absolute atomic E-state index is 0.111. The molecule has 0 radical (unpaired) electrons. The molecule has 4 heterocycles. The normalized spacial score (nSPS) is 16.7. The summed E-state index contributed by atoms with van der Waals surface area (Å²) in [7, 11) is 1.54. The maximum atomic E-state index is 13.3. The zero-order chi connectivity index (χ0) is 24.1. The van der Waals surface area contributed by atoms with Gasteiger partial charge in [0.05, 0.1) is 29.8 Å². The van der Waals surface area contributed by atoms with E-state index < -0.39 is 11.9 Å². The fraction of sp³-hybridized carbons (Fsp3) is 0.391. The van der Waals surface area contributed by atoms with Crippen molar-refractivity contribution in [1.82, 2.24) is 19.7 Å². The summed E-state index contributed by atoms with van der Waals surface area (Å²) in [6.07, 6.45) is 4.09. The zero-order valence-corrected chi connectivity index (χ0v) is 19.8. The number of nitrogens with two attached hydrogens (primary N) is 1. The summed E-state index contributed by atoms with van der Waals surface area (Å²) < 4.78 is 26.5. The van der Waals surface area contributed by atoms with E-state index in [4.69, 9.17) is 31.9 Å². The first-order valence-electron chi connectivity index (χ1n) is 11.0. The fourth-order valence-corrected chi connectivity index (χ4v) is 4.16. The van der Waals surface area contributed by atoms with Crippen molar-refractivity contribution >= 4 is 28.7 Å². The van der Waals surface area contributed by atoms with Crippen molar-refractivity contribution in [3.63, 3.8) is 0 Å². The van der Waals surface area contributed by atoms with Crippen LogP contribution >= 0.6 is 11.6 Å². The number of nitrogens with zero attached hydrogens (tertiary/aromatic N) is 5. The lowest BCUT2D eigenvalue weighted by molar-refractivity contribution is 0.0525. The number of pyridine rings is 2. The van der Waals surface area contributed by atoms with Gasteiger partial charge in [-0.05, 0) is 51.1 Å². The van der Waals surface area contributed by atoms with E-state index in [1.54, 1.807) is 16.5 Å². The van der Waals surface area contributed by atoms with E-state index in [9.17, 15) is 4.39 Å². The monoisotopic (exact) mass is 487 g/mol. The average molecular weight is 488 g/mol. The van der Waals surface area contributed by atoms with Gasteiger partial charge in [0.15, 0.2) is 0 Å². The Morgan fingerprint density at radius 2 is 2.09 bits per heavy atom. The van der Waals surface area contributed by atoms with Crippen LogP contribution in [0, 0.1) is 5.82 Å². The summed E-state index contributed by atoms with van der Waals surface area (Å²) in [5, 5.41) is 7.74. The molecular weight excluding hydrogens is 461 g/mol. The number of piperidine rings is 1. The van der Waals surface area contributed by atoms with Gasteiger partial charge in [-0.25, -0.2) is 9.37 Å². The highest BCUT2D eigenvalue weighted by Gasteiger charge is 2.19. The van der Waals surface area contributed by atoms with Crippen molar-refractivity contribution in [1.29, 1.82) is 0 Å². The SMILES string of the molecule is COC(COc1cc(/C(=N/N)C(C)=NC2CCNCC2)cc2ncc(Cl)n12)c1ccc(F)cn1. The number of imidazole rings is 1. The van der Waals surface area contributed by atoms with Crippen LogP contribution in [0.15, 0.2) is 46.8 Å². The third-order valence-electron chi connectivity index (χ3n) is 5.71. The lowest BCUT2D eigenvalue weighted by Gasteiger charge is -2.20. The van der Waals surface area contributed by atoms with Gasteiger partial charge in [0, 0.05) is 18.7 Å². The minimum Gasteiger partial charge on any atom is -0.475 e. The quantitative estimate of drug-likeness (QED) is 0.287. The molecule has 0 aromatic carbocycles. The molecule has 34 heavy (non-hydrogen) atoms. The Morgan fingerprint density at radius 1 is 1.29 bits per heavy atom. The Bertz CT molecular complexity index is 1190. The molecule has 1 unspecified atom stereocenters. The molecule has 0 aliphatic carbocycles. The molecule has 4 rings (SSSR count). The van der Waals surface area contributed by atoms with Gasteiger partial charge in [-0.3, -0.25) is 14.4 Å². The van der Waals surface area contributed by atoms with Crippen molar-refractivity contribution in [2.45, 2.75) is 31.9 Å². The van der Waals surface area contributed by atoms with Crippen LogP contribution in [0.1, 0.15) is 37.1 Å². The van der Waals surface area contributed by atoms with Crippen molar-refractivity contribution in [3.8, 4) is 5.88 Å². The van der Waals surface area contributed by atoms with Gasteiger partial charge < -0.3 is 20.6 Å². The highest BCUT2D eigenvalue weighted by molar-refractivity contribution is 6.47. The standard InChI is InChI=1S/C23H27ClFN7O2/c1-14(30-17-5-7-27-8-6-17)23(31-26)15-9-21-29-12-20(24)32(21)22(10-15)34-13-19(33-2)18-4-3-16(25)11-28-18/h3-4,9-12,17,19,27H,5-8,13,26H2,1-2H3/b30-14?,31-23+. The van der Waals surface area contributed by atoms with Crippen LogP contribution < -0.4 is 15.9 Å². The van der Waals surface area contributed by atoms with Crippen LogP contribution in [0.25, 0.3) is 5.65 Å². The van der Waals surface area contributed by atoms with Crippen LogP contribution in [-0.2, 0) is 4.74 Å². The van der Waals surface area contributed by atoms with Gasteiger partial charge in [0.2, 0.25) is 5.88 Å². The van der Waals surface area contributed by atoms with Gasteiger partial charge in [-0.1, -0.05) is 11.6 Å². The number of aliphatic imine (C=N–C) groups is 1. The van der Waals surface area contributed by atoms with Crippen LogP contribution in [0.5, 0.6) is 5.88 Å². The first-order chi connectivity index (χ1) is 16.5. The van der Waals surface area contributed by atoms with Crippen LogP contribution in [0.4, 0.5) is 4.39 Å². The Morgan fingerprint density at radius 3 is 2.76 bits per heavy atom. The molecule has 1 aliphatic rings. The van der Waals surface area contributed by atoms with E-state index in [0.717, 1.165) is 37.8 Å². The molecule has 0 saturated carbocycles. The largest absolute Gasteiger partial charge is 0.475 e. The van der Waals surface area contributed by atoms with Crippen molar-refractivity contribution < 1.29 is 13.9 Å². The maximum absolute atomic E-state index is 13.3. The van der Waals surface area contributed by atoms with E-state index in [0.29, 0.717) is 33.6 Å². The molecule has 3 aromatic heterocycles. The second-order valence-corrected chi connectivity index (χ2v) is 8.35. The zero-order valence-electron chi connectivity index (χ0n) is 19.0. The third kappa shape index (κ3) is 5.35. The summed E-state index contributed by atoms with van der Waals surface area (Å²) in [4.78, 5) is 13.3. The highest BCUT2D eigenvalue weighted by Crippen LogP contribution is 2.26. The number of fused-ring (bicyclic) bond motifs is 1. The topological polar surface area (TPSA) is 111 Å². The molecular formula is C23H27ClFN7O2. The molecule has 1 atom stereocenters. The molecule has 0 amide bonds. The summed E-state index contributed by atoms with van der Waals surface area (Å²) in [5.74, 6) is 5.79. The number of halogens is 2. The van der Waals surface area contributed by atoms with E-state index >= 15 is 0 Å². The first-order valence-corrected chi connectivity index (χ1v) is 11.4. The molecule has 1 aliphatic heterocycles. The first kappa shape index (κ1) is 24.1. The molecule has 3 aromatic rings. The predicted molar refractivity (Wildman–Crippen MR) is 129 cm³/mol. The smallest absolute Gasteiger partial charge is 0.201 e. The van der Waals surface area contributed by atoms with E-state index in [2.05, 4.69) is 20.4 Å². The summed E-state index contributed by atoms with van der Waals surface area (Å²) in [5.41, 5.74) is 3.11. The second kappa shape index (κ2) is 10.9. The number of rotatable bonds is 8. The Hall–Kier alpha value is -3.08. The van der Waals surface area contributed by atoms with Crippen molar-refractivity contribution in [2.24, 2.45) is 15.9 Å². The van der Waals surface area contributed by atoms with Crippen molar-refractivity contribution in [3.05, 3.63) is 58.9 Å². The third-order valence-corrected chi connectivity index (χ3v) is 5.97. The number of hydrogen-bond acceptors (Lipinski definition) is 8. The predicted octanol–water partition coefficient (Wildman–Crippen LogP) is 3.16. The van der Waals surface area contributed by atoms with Gasteiger partial charge in [0.25, 0.3) is 0 Å². The summed E-state index contributed by atoms with van der Waals surface area (Å²) in [6, 6.07) is 6.74. The van der Waals surface area contributed by atoms with Crippen LogP contribution in [-0.4, -0.2) is 58.6 Å². The second-order valence-electron chi connectivity index (χ2n) is 7.97. The van der Waals surface area contributed by atoms with Gasteiger partial charge in [0.1, 0.15) is 35.0 Å². The summed E-state index contributed by atoms with van der Waals surface area (Å²) >= 11 is 6.37. The number of hydrazone groups is 1. The minimum atomic E-state index is -0.521. The molecule has 11 heteroatoms. The Kier molecular flexibility index (Phi) is 7.71. The van der Waals surface area contributed by atoms with Gasteiger partial charge in [-0.2, -0.15) is 5.10 Å². The Labute approximate surface area is 201 Å². The molecule has 9 nitrogen and oxygen atoms in total. The Balaban J connectivity index is 1.63. The van der Waals surface area contributed by atoms with E-state index in [1.165, 1.54) is 19.4 Å². The fourth-order valence-electron chi connectivity index (χ4n) is 3.95. The lowest BCUT2D eigenvalue weighted by atomic mass is 10.0.